The van der Waals surface area contributed by atoms with Crippen molar-refractivity contribution in [1.29, 1.82) is 0 Å². The zero-order valence-corrected chi connectivity index (χ0v) is 16.1. The van der Waals surface area contributed by atoms with Crippen molar-refractivity contribution in [2.75, 3.05) is 12.4 Å². The van der Waals surface area contributed by atoms with Crippen molar-refractivity contribution in [2.24, 2.45) is 5.41 Å². The summed E-state index contributed by atoms with van der Waals surface area (Å²) >= 11 is 1.31. The smallest absolute Gasteiger partial charge is 0.284 e. The van der Waals surface area contributed by atoms with Gasteiger partial charge in [0.25, 0.3) is 5.91 Å². The first kappa shape index (κ1) is 16.7. The number of benzene rings is 1. The van der Waals surface area contributed by atoms with Gasteiger partial charge in [0.2, 0.25) is 0 Å². The molecule has 0 bridgehead atoms. The van der Waals surface area contributed by atoms with E-state index in [2.05, 4.69) is 21.2 Å². The van der Waals surface area contributed by atoms with Crippen LogP contribution in [0, 0.1) is 5.41 Å². The Morgan fingerprint density at radius 3 is 2.78 bits per heavy atom. The van der Waals surface area contributed by atoms with Gasteiger partial charge in [-0.3, -0.25) is 9.48 Å². The molecule has 2 heterocycles. The highest BCUT2D eigenvalue weighted by atomic mass is 32.1. The number of nitrogens with zero attached hydrogens (tertiary/aromatic N) is 3. The number of ether oxygens (including phenoxy) is 1. The molecule has 0 aliphatic heterocycles. The number of amides is 1. The summed E-state index contributed by atoms with van der Waals surface area (Å²) in [6.07, 6.45) is 11.6. The number of fused-ring (bicyclic) bond motifs is 1. The first-order valence-corrected chi connectivity index (χ1v) is 10.3. The number of carbonyl (C=O) groups is 1. The standard InChI is InChI=1S/C20H22N4O2S/c1-26-17-11-15-13(10-16(17)22-18(25)19-21-8-9-27-19)12-24(23-15)14-2-4-20(5-3-14)6-7-20/h8-12,14H,2-7H2,1H3,(H,22,25). The highest BCUT2D eigenvalue weighted by molar-refractivity contribution is 7.11. The molecule has 3 aromatic rings. The lowest BCUT2D eigenvalue weighted by Crippen LogP contribution is -2.19. The summed E-state index contributed by atoms with van der Waals surface area (Å²) in [7, 11) is 1.60. The number of hydrogen-bond donors (Lipinski definition) is 1. The van der Waals surface area contributed by atoms with E-state index in [0.29, 0.717) is 27.9 Å². The van der Waals surface area contributed by atoms with E-state index >= 15 is 0 Å². The lowest BCUT2D eigenvalue weighted by Gasteiger charge is -2.28. The van der Waals surface area contributed by atoms with Crippen LogP contribution in [-0.2, 0) is 0 Å². The quantitative estimate of drug-likeness (QED) is 0.713. The maximum atomic E-state index is 12.4. The van der Waals surface area contributed by atoms with Gasteiger partial charge in [-0.2, -0.15) is 5.10 Å². The number of thiazole rings is 1. The molecule has 2 aromatic heterocycles. The summed E-state index contributed by atoms with van der Waals surface area (Å²) < 4.78 is 7.60. The zero-order chi connectivity index (χ0) is 18.4. The lowest BCUT2D eigenvalue weighted by molar-refractivity contribution is 0.102. The van der Waals surface area contributed by atoms with E-state index in [1.54, 1.807) is 18.7 Å². The van der Waals surface area contributed by atoms with E-state index in [1.807, 2.05) is 12.1 Å². The number of hydrogen-bond acceptors (Lipinski definition) is 5. The summed E-state index contributed by atoms with van der Waals surface area (Å²) in [6, 6.07) is 4.31. The van der Waals surface area contributed by atoms with Crippen LogP contribution in [-0.4, -0.2) is 27.8 Å². The Labute approximate surface area is 161 Å². The largest absolute Gasteiger partial charge is 0.494 e. The minimum atomic E-state index is -0.225. The Bertz CT molecular complexity index is 981. The van der Waals surface area contributed by atoms with Gasteiger partial charge in [0.15, 0.2) is 5.01 Å². The number of rotatable bonds is 4. The predicted octanol–water partition coefficient (Wildman–Crippen LogP) is 4.65. The van der Waals surface area contributed by atoms with Crippen LogP contribution in [0.25, 0.3) is 10.9 Å². The average molecular weight is 382 g/mol. The van der Waals surface area contributed by atoms with Gasteiger partial charge in [-0.25, -0.2) is 4.98 Å². The number of anilines is 1. The van der Waals surface area contributed by atoms with Crippen molar-refractivity contribution >= 4 is 33.8 Å². The molecule has 0 saturated heterocycles. The minimum Gasteiger partial charge on any atom is -0.494 e. The fourth-order valence-corrected chi connectivity index (χ4v) is 4.72. The molecule has 0 radical (unpaired) electrons. The van der Waals surface area contributed by atoms with E-state index in [0.717, 1.165) is 10.9 Å². The van der Waals surface area contributed by atoms with Crippen molar-refractivity contribution in [3.8, 4) is 5.75 Å². The van der Waals surface area contributed by atoms with Crippen LogP contribution in [0.2, 0.25) is 0 Å². The molecule has 5 rings (SSSR count). The fourth-order valence-electron chi connectivity index (χ4n) is 4.19. The SMILES string of the molecule is COc1cc2nn(C3CCC4(CC3)CC4)cc2cc1NC(=O)c1nccs1. The first-order valence-electron chi connectivity index (χ1n) is 9.44. The molecule has 1 spiro atoms. The monoisotopic (exact) mass is 382 g/mol. The van der Waals surface area contributed by atoms with E-state index < -0.39 is 0 Å². The molecule has 7 heteroatoms. The van der Waals surface area contributed by atoms with Crippen molar-refractivity contribution in [3.05, 3.63) is 34.9 Å². The summed E-state index contributed by atoms with van der Waals surface area (Å²) in [5.41, 5.74) is 2.22. The molecule has 2 fully saturated rings. The third-order valence-electron chi connectivity index (χ3n) is 6.07. The average Bonchev–Trinajstić information content (AvgIpc) is 3.11. The van der Waals surface area contributed by atoms with Gasteiger partial charge >= 0.3 is 0 Å². The maximum Gasteiger partial charge on any atom is 0.284 e. The summed E-state index contributed by atoms with van der Waals surface area (Å²) in [5, 5.41) is 10.9. The summed E-state index contributed by atoms with van der Waals surface area (Å²) in [4.78, 5) is 16.4. The molecule has 27 heavy (non-hydrogen) atoms. The Morgan fingerprint density at radius 2 is 2.11 bits per heavy atom. The Hall–Kier alpha value is -2.41. The molecule has 1 amide bonds. The molecule has 2 aliphatic rings. The molecule has 0 unspecified atom stereocenters. The van der Waals surface area contributed by atoms with Crippen LogP contribution in [0.1, 0.15) is 54.4 Å². The topological polar surface area (TPSA) is 69.0 Å². The fraction of sp³-hybridized carbons (Fsp3) is 0.450. The molecule has 2 saturated carbocycles. The van der Waals surface area contributed by atoms with Crippen LogP contribution in [0.15, 0.2) is 29.9 Å². The third kappa shape index (κ3) is 3.10. The number of carbonyl (C=O) groups excluding carboxylic acids is 1. The van der Waals surface area contributed by atoms with Gasteiger partial charge in [0.1, 0.15) is 5.75 Å². The second-order valence-electron chi connectivity index (χ2n) is 7.74. The molecular formula is C20H22N4O2S. The predicted molar refractivity (Wildman–Crippen MR) is 106 cm³/mol. The highest BCUT2D eigenvalue weighted by Gasteiger charge is 2.45. The van der Waals surface area contributed by atoms with Gasteiger partial charge in [-0.15, -0.1) is 11.3 Å². The van der Waals surface area contributed by atoms with Gasteiger partial charge in [-0.05, 0) is 50.0 Å². The molecule has 6 nitrogen and oxygen atoms in total. The van der Waals surface area contributed by atoms with Crippen LogP contribution < -0.4 is 10.1 Å². The second kappa shape index (κ2) is 6.34. The van der Waals surface area contributed by atoms with Gasteiger partial charge in [0, 0.05) is 29.2 Å². The number of nitrogens with one attached hydrogen (secondary N) is 1. The molecule has 2 aliphatic carbocycles. The van der Waals surface area contributed by atoms with Crippen LogP contribution in [0.5, 0.6) is 5.75 Å². The van der Waals surface area contributed by atoms with Gasteiger partial charge in [-0.1, -0.05) is 0 Å². The molecule has 0 atom stereocenters. The summed E-state index contributed by atoms with van der Waals surface area (Å²) in [6.45, 7) is 0. The zero-order valence-electron chi connectivity index (χ0n) is 15.3. The third-order valence-corrected chi connectivity index (χ3v) is 6.84. The number of aromatic nitrogens is 3. The molecule has 140 valence electrons. The van der Waals surface area contributed by atoms with Crippen molar-refractivity contribution in [1.82, 2.24) is 14.8 Å². The molecule has 1 N–H and O–H groups in total. The maximum absolute atomic E-state index is 12.4. The Kier molecular flexibility index (Phi) is 3.93. The lowest BCUT2D eigenvalue weighted by atomic mass is 9.83. The van der Waals surface area contributed by atoms with Crippen molar-refractivity contribution in [3.63, 3.8) is 0 Å². The van der Waals surface area contributed by atoms with E-state index in [9.17, 15) is 4.79 Å². The van der Waals surface area contributed by atoms with Crippen molar-refractivity contribution < 1.29 is 9.53 Å². The number of methoxy groups -OCH3 is 1. The Balaban J connectivity index is 1.41. The van der Waals surface area contributed by atoms with Crippen LogP contribution in [0.4, 0.5) is 5.69 Å². The summed E-state index contributed by atoms with van der Waals surface area (Å²) in [5.74, 6) is 0.385. The highest BCUT2D eigenvalue weighted by Crippen LogP contribution is 2.57. The van der Waals surface area contributed by atoms with Crippen LogP contribution >= 0.6 is 11.3 Å². The van der Waals surface area contributed by atoms with E-state index in [-0.39, 0.29) is 5.91 Å². The normalized spacial score (nSPS) is 18.7. The molecule has 1 aromatic carbocycles. The minimum absolute atomic E-state index is 0.225. The first-order chi connectivity index (χ1) is 13.2. The van der Waals surface area contributed by atoms with Gasteiger partial charge < -0.3 is 10.1 Å². The molecular weight excluding hydrogens is 360 g/mol. The van der Waals surface area contributed by atoms with E-state index in [1.165, 1.54) is 49.9 Å². The second-order valence-corrected chi connectivity index (χ2v) is 8.64. The van der Waals surface area contributed by atoms with Crippen LogP contribution in [0.3, 0.4) is 0 Å². The van der Waals surface area contributed by atoms with Gasteiger partial charge in [0.05, 0.1) is 24.4 Å². The van der Waals surface area contributed by atoms with Crippen molar-refractivity contribution in [2.45, 2.75) is 44.6 Å². The Morgan fingerprint density at radius 1 is 1.30 bits per heavy atom. The van der Waals surface area contributed by atoms with E-state index in [4.69, 9.17) is 9.84 Å².